The molecule has 1 saturated heterocycles. The Hall–Kier alpha value is -3.46. The van der Waals surface area contributed by atoms with Crippen molar-refractivity contribution in [3.63, 3.8) is 0 Å². The summed E-state index contributed by atoms with van der Waals surface area (Å²) in [4.78, 5) is 10.9. The number of ether oxygens (including phenoxy) is 2. The van der Waals surface area contributed by atoms with Crippen LogP contribution in [0.1, 0.15) is 43.7 Å². The van der Waals surface area contributed by atoms with Gasteiger partial charge in [0, 0.05) is 24.5 Å². The van der Waals surface area contributed by atoms with Crippen LogP contribution in [-0.2, 0) is 6.61 Å². The van der Waals surface area contributed by atoms with Gasteiger partial charge >= 0.3 is 0 Å². The summed E-state index contributed by atoms with van der Waals surface area (Å²) in [6.45, 7) is 5.12. The summed E-state index contributed by atoms with van der Waals surface area (Å²) in [6.07, 6.45) is 6.94. The Balaban J connectivity index is 1.29. The fraction of sp³-hybridized carbons (Fsp3) is 0.429. The maximum Gasteiger partial charge on any atom is 0.227 e. The maximum absolute atomic E-state index is 14.4. The summed E-state index contributed by atoms with van der Waals surface area (Å²) in [5.74, 6) is -0.119. The Morgan fingerprint density at radius 3 is 2.41 bits per heavy atom. The van der Waals surface area contributed by atoms with Crippen LogP contribution >= 0.6 is 0 Å². The molecule has 37 heavy (non-hydrogen) atoms. The second kappa shape index (κ2) is 12.2. The Kier molecular flexibility index (Phi) is 8.76. The van der Waals surface area contributed by atoms with E-state index in [2.05, 4.69) is 32.3 Å². The molecule has 4 rings (SSSR count). The van der Waals surface area contributed by atoms with Gasteiger partial charge in [0.2, 0.25) is 5.95 Å². The molecule has 1 fully saturated rings. The first-order valence-electron chi connectivity index (χ1n) is 12.6. The molecule has 1 atom stereocenters. The van der Waals surface area contributed by atoms with E-state index in [1.807, 2.05) is 19.1 Å². The molecule has 7 nitrogen and oxygen atoms in total. The number of anilines is 3. The quantitative estimate of drug-likeness (QED) is 0.357. The van der Waals surface area contributed by atoms with E-state index < -0.39 is 11.6 Å². The van der Waals surface area contributed by atoms with Gasteiger partial charge in [0.1, 0.15) is 12.4 Å². The van der Waals surface area contributed by atoms with Crippen LogP contribution in [0.3, 0.4) is 0 Å². The van der Waals surface area contributed by atoms with Crippen molar-refractivity contribution in [3.8, 4) is 11.5 Å². The summed E-state index contributed by atoms with van der Waals surface area (Å²) in [6, 6.07) is 9.44. The zero-order valence-corrected chi connectivity index (χ0v) is 21.5. The predicted octanol–water partition coefficient (Wildman–Crippen LogP) is 5.77. The van der Waals surface area contributed by atoms with E-state index in [0.717, 1.165) is 44.5 Å². The van der Waals surface area contributed by atoms with Crippen molar-refractivity contribution >= 4 is 17.3 Å². The highest BCUT2D eigenvalue weighted by Crippen LogP contribution is 2.29. The average molecular weight is 513 g/mol. The van der Waals surface area contributed by atoms with Gasteiger partial charge in [-0.05, 0) is 81.3 Å². The SMILES string of the molecule is COc1cc(C)c(F)c(COc2cnc(Nc3ccc(N4CCC(CCC(C)O)CC4)cc3)nc2)c1F. The van der Waals surface area contributed by atoms with Crippen molar-refractivity contribution < 1.29 is 23.4 Å². The molecule has 2 aromatic carbocycles. The Morgan fingerprint density at radius 2 is 1.78 bits per heavy atom. The number of nitrogens with one attached hydrogen (secondary N) is 1. The van der Waals surface area contributed by atoms with Gasteiger partial charge < -0.3 is 24.8 Å². The summed E-state index contributed by atoms with van der Waals surface area (Å²) in [5, 5.41) is 12.7. The van der Waals surface area contributed by atoms with E-state index in [9.17, 15) is 13.9 Å². The van der Waals surface area contributed by atoms with E-state index in [1.165, 1.54) is 31.3 Å². The fourth-order valence-electron chi connectivity index (χ4n) is 4.53. The van der Waals surface area contributed by atoms with Crippen LogP contribution in [0.4, 0.5) is 26.1 Å². The number of hydrogen-bond acceptors (Lipinski definition) is 7. The number of aliphatic hydroxyl groups excluding tert-OH is 1. The first kappa shape index (κ1) is 26.6. The number of halogens is 2. The van der Waals surface area contributed by atoms with Crippen molar-refractivity contribution in [2.24, 2.45) is 5.92 Å². The van der Waals surface area contributed by atoms with Crippen molar-refractivity contribution in [2.75, 3.05) is 30.4 Å². The third kappa shape index (κ3) is 6.85. The monoisotopic (exact) mass is 512 g/mol. The molecule has 1 unspecified atom stereocenters. The van der Waals surface area contributed by atoms with Crippen molar-refractivity contribution in [1.29, 1.82) is 0 Å². The number of aryl methyl sites for hydroxylation is 1. The average Bonchev–Trinajstić information content (AvgIpc) is 2.91. The molecule has 0 aliphatic carbocycles. The van der Waals surface area contributed by atoms with Gasteiger partial charge in [-0.25, -0.2) is 18.7 Å². The largest absolute Gasteiger partial charge is 0.494 e. The lowest BCUT2D eigenvalue weighted by Gasteiger charge is -2.34. The minimum absolute atomic E-state index is 0.0310. The number of aliphatic hydroxyl groups is 1. The molecule has 0 amide bonds. The topological polar surface area (TPSA) is 79.7 Å². The summed E-state index contributed by atoms with van der Waals surface area (Å²) in [5.41, 5.74) is 2.09. The van der Waals surface area contributed by atoms with E-state index in [4.69, 9.17) is 9.47 Å². The molecule has 0 saturated carbocycles. The number of nitrogens with zero attached hydrogens (tertiary/aromatic N) is 3. The molecule has 0 bridgehead atoms. The lowest BCUT2D eigenvalue weighted by Crippen LogP contribution is -2.33. The van der Waals surface area contributed by atoms with Crippen LogP contribution in [0.5, 0.6) is 11.5 Å². The number of hydrogen-bond donors (Lipinski definition) is 2. The summed E-state index contributed by atoms with van der Waals surface area (Å²) >= 11 is 0. The first-order valence-corrected chi connectivity index (χ1v) is 12.6. The normalized spacial score (nSPS) is 14.9. The molecule has 0 radical (unpaired) electrons. The standard InChI is InChI=1S/C28H34F2N4O3/c1-18-14-25(36-3)27(30)24(26(18)29)17-37-23-15-31-28(32-16-23)33-21-6-8-22(9-7-21)34-12-10-20(11-13-34)5-4-19(2)35/h6-9,14-16,19-20,35H,4-5,10-13,17H2,1-3H3,(H,31,32,33). The maximum atomic E-state index is 14.4. The van der Waals surface area contributed by atoms with E-state index in [0.29, 0.717) is 11.9 Å². The summed E-state index contributed by atoms with van der Waals surface area (Å²) in [7, 11) is 1.33. The molecule has 1 aromatic heterocycles. The second-order valence-corrected chi connectivity index (χ2v) is 9.56. The highest BCUT2D eigenvalue weighted by Gasteiger charge is 2.20. The third-order valence-corrected chi connectivity index (χ3v) is 6.77. The zero-order valence-electron chi connectivity index (χ0n) is 21.5. The van der Waals surface area contributed by atoms with Gasteiger partial charge in [0.05, 0.1) is 31.2 Å². The second-order valence-electron chi connectivity index (χ2n) is 9.56. The van der Waals surface area contributed by atoms with Crippen molar-refractivity contribution in [3.05, 3.63) is 65.5 Å². The smallest absolute Gasteiger partial charge is 0.227 e. The van der Waals surface area contributed by atoms with Crippen LogP contribution in [0.25, 0.3) is 0 Å². The van der Waals surface area contributed by atoms with Crippen molar-refractivity contribution in [1.82, 2.24) is 9.97 Å². The Morgan fingerprint density at radius 1 is 1.11 bits per heavy atom. The number of piperidine rings is 1. The lowest BCUT2D eigenvalue weighted by molar-refractivity contribution is 0.169. The van der Waals surface area contributed by atoms with E-state index >= 15 is 0 Å². The minimum Gasteiger partial charge on any atom is -0.494 e. The molecule has 2 heterocycles. The molecular weight excluding hydrogens is 478 g/mol. The van der Waals surface area contributed by atoms with Gasteiger partial charge in [-0.1, -0.05) is 0 Å². The van der Waals surface area contributed by atoms with Crippen LogP contribution in [0.2, 0.25) is 0 Å². The number of aromatic nitrogens is 2. The van der Waals surface area contributed by atoms with Crippen molar-refractivity contribution in [2.45, 2.75) is 52.2 Å². The number of rotatable bonds is 10. The Labute approximate surface area is 216 Å². The van der Waals surface area contributed by atoms with Crippen LogP contribution < -0.4 is 19.7 Å². The first-order chi connectivity index (χ1) is 17.8. The molecule has 0 spiro atoms. The van der Waals surface area contributed by atoms with E-state index in [1.54, 1.807) is 6.92 Å². The highest BCUT2D eigenvalue weighted by molar-refractivity contribution is 5.59. The fourth-order valence-corrected chi connectivity index (χ4v) is 4.53. The number of methoxy groups -OCH3 is 1. The van der Waals surface area contributed by atoms with Gasteiger partial charge in [0.15, 0.2) is 17.3 Å². The molecule has 2 N–H and O–H groups in total. The third-order valence-electron chi connectivity index (χ3n) is 6.77. The molecule has 1 aliphatic heterocycles. The van der Waals surface area contributed by atoms with Gasteiger partial charge in [0.25, 0.3) is 0 Å². The highest BCUT2D eigenvalue weighted by atomic mass is 19.1. The van der Waals surface area contributed by atoms with E-state index in [-0.39, 0.29) is 35.3 Å². The minimum atomic E-state index is -0.783. The Bertz CT molecular complexity index is 1170. The van der Waals surface area contributed by atoms with Gasteiger partial charge in [-0.3, -0.25) is 0 Å². The predicted molar refractivity (Wildman–Crippen MR) is 140 cm³/mol. The lowest BCUT2D eigenvalue weighted by atomic mass is 9.91. The molecule has 3 aromatic rings. The van der Waals surface area contributed by atoms with Crippen LogP contribution in [0, 0.1) is 24.5 Å². The molecule has 9 heteroatoms. The number of benzene rings is 2. The zero-order chi connectivity index (χ0) is 26.4. The van der Waals surface area contributed by atoms with Crippen LogP contribution in [0.15, 0.2) is 42.7 Å². The molecule has 198 valence electrons. The van der Waals surface area contributed by atoms with Gasteiger partial charge in [-0.15, -0.1) is 0 Å². The van der Waals surface area contributed by atoms with Gasteiger partial charge in [-0.2, -0.15) is 0 Å². The molecular formula is C28H34F2N4O3. The summed E-state index contributed by atoms with van der Waals surface area (Å²) < 4.78 is 39.3. The molecule has 1 aliphatic rings. The van der Waals surface area contributed by atoms with Crippen LogP contribution in [-0.4, -0.2) is 41.4 Å².